The van der Waals surface area contributed by atoms with Crippen LogP contribution < -0.4 is 0 Å². The fraction of sp³-hybridized carbons (Fsp3) is 0.167. The number of halogens is 2. The first kappa shape index (κ1) is 11.1. The van der Waals surface area contributed by atoms with Crippen LogP contribution in [0.4, 0.5) is 0 Å². The van der Waals surface area contributed by atoms with Gasteiger partial charge < -0.3 is 5.11 Å². The summed E-state index contributed by atoms with van der Waals surface area (Å²) < 4.78 is 0. The van der Waals surface area contributed by atoms with Crippen molar-refractivity contribution < 1.29 is 9.90 Å². The van der Waals surface area contributed by atoms with Gasteiger partial charge in [0.15, 0.2) is 0 Å². The van der Waals surface area contributed by atoms with E-state index in [0.29, 0.717) is 0 Å². The van der Waals surface area contributed by atoms with Crippen LogP contribution in [0, 0.1) is 0 Å². The molecule has 6 heteroatoms. The van der Waals surface area contributed by atoms with Crippen molar-refractivity contribution in [3.8, 4) is 0 Å². The smallest absolute Gasteiger partial charge is 0.337 e. The van der Waals surface area contributed by atoms with Crippen molar-refractivity contribution in [1.29, 1.82) is 0 Å². The first-order chi connectivity index (χ1) is 5.64. The summed E-state index contributed by atoms with van der Waals surface area (Å²) in [5.74, 6) is -1.21. The van der Waals surface area contributed by atoms with Crippen LogP contribution in [-0.4, -0.2) is 25.9 Å². The van der Waals surface area contributed by atoms with Gasteiger partial charge in [-0.25, -0.2) is 14.8 Å². The topological polar surface area (TPSA) is 63.1 Å². The summed E-state index contributed by atoms with van der Waals surface area (Å²) in [5.41, 5.74) is 0. The second-order valence-electron chi connectivity index (χ2n) is 1.54. The largest absolute Gasteiger partial charge is 0.479 e. The minimum Gasteiger partial charge on any atom is -0.479 e. The standard InChI is InChI=1S/C4H4N2.C2H2Cl2O2/c1-2-5-4-6-3-1;3-1(4)2(5)6/h1-4H;1H,(H,5,6). The van der Waals surface area contributed by atoms with Gasteiger partial charge in [-0.05, 0) is 6.07 Å². The maximum absolute atomic E-state index is 9.44. The van der Waals surface area contributed by atoms with Crippen LogP contribution in [-0.2, 0) is 4.79 Å². The van der Waals surface area contributed by atoms with Crippen LogP contribution in [0.25, 0.3) is 0 Å². The monoisotopic (exact) mass is 208 g/mol. The van der Waals surface area contributed by atoms with E-state index in [1.165, 1.54) is 6.33 Å². The third-order valence-electron chi connectivity index (χ3n) is 0.664. The predicted molar refractivity (Wildman–Crippen MR) is 45.2 cm³/mol. The number of hydrogen-bond donors (Lipinski definition) is 1. The Kier molecular flexibility index (Phi) is 6.32. The number of hydrogen-bond acceptors (Lipinski definition) is 3. The fourth-order valence-corrected chi connectivity index (χ4v) is 0.253. The molecule has 1 heterocycles. The van der Waals surface area contributed by atoms with E-state index < -0.39 is 10.8 Å². The third-order valence-corrected chi connectivity index (χ3v) is 1.04. The molecule has 1 N–H and O–H groups in total. The summed E-state index contributed by atoms with van der Waals surface area (Å²) in [4.78, 5) is 15.5. The molecule has 0 atom stereocenters. The Labute approximate surface area is 79.2 Å². The molecule has 0 spiro atoms. The first-order valence-corrected chi connectivity index (χ1v) is 3.73. The van der Waals surface area contributed by atoms with Gasteiger partial charge in [-0.2, -0.15) is 0 Å². The molecule has 0 aliphatic carbocycles. The number of aliphatic carboxylic acids is 1. The molecule has 66 valence electrons. The van der Waals surface area contributed by atoms with Crippen LogP contribution in [0.1, 0.15) is 0 Å². The minimum atomic E-state index is -1.29. The van der Waals surface area contributed by atoms with Crippen LogP contribution >= 0.6 is 23.2 Å². The molecule has 0 amide bonds. The highest BCUT2D eigenvalue weighted by molar-refractivity contribution is 6.52. The van der Waals surface area contributed by atoms with Crippen molar-refractivity contribution >= 4 is 29.2 Å². The van der Waals surface area contributed by atoms with E-state index in [4.69, 9.17) is 28.3 Å². The number of alkyl halides is 2. The van der Waals surface area contributed by atoms with Crippen molar-refractivity contribution in [3.05, 3.63) is 24.8 Å². The van der Waals surface area contributed by atoms with Crippen LogP contribution in [0.2, 0.25) is 0 Å². The van der Waals surface area contributed by atoms with Crippen molar-refractivity contribution in [2.75, 3.05) is 0 Å². The zero-order chi connectivity index (χ0) is 9.40. The second-order valence-corrected chi connectivity index (χ2v) is 2.64. The zero-order valence-corrected chi connectivity index (χ0v) is 7.40. The number of carboxylic acids is 1. The lowest BCUT2D eigenvalue weighted by Gasteiger charge is -1.84. The van der Waals surface area contributed by atoms with E-state index in [0.717, 1.165) is 0 Å². The summed E-state index contributed by atoms with van der Waals surface area (Å²) >= 11 is 9.56. The lowest BCUT2D eigenvalue weighted by molar-refractivity contribution is -0.135. The highest BCUT2D eigenvalue weighted by Crippen LogP contribution is 1.98. The van der Waals surface area contributed by atoms with Crippen molar-refractivity contribution in [2.24, 2.45) is 0 Å². The summed E-state index contributed by atoms with van der Waals surface area (Å²) in [5, 5.41) is 7.73. The van der Waals surface area contributed by atoms with Gasteiger partial charge in [-0.1, -0.05) is 23.2 Å². The average molecular weight is 209 g/mol. The SMILES string of the molecule is O=C(O)C(Cl)Cl.c1cncnc1. The molecule has 0 radical (unpaired) electrons. The van der Waals surface area contributed by atoms with Crippen LogP contribution in [0.3, 0.4) is 0 Å². The van der Waals surface area contributed by atoms with Crippen LogP contribution in [0.15, 0.2) is 24.8 Å². The molecule has 1 aromatic rings. The molecule has 0 saturated carbocycles. The maximum atomic E-state index is 9.44. The molecule has 0 fully saturated rings. The molecular weight excluding hydrogens is 203 g/mol. The molecule has 0 aliphatic heterocycles. The number of carbonyl (C=O) groups is 1. The van der Waals surface area contributed by atoms with Gasteiger partial charge in [-0.3, -0.25) is 0 Å². The third kappa shape index (κ3) is 7.24. The Morgan fingerprint density at radius 1 is 1.33 bits per heavy atom. The van der Waals surface area contributed by atoms with Crippen molar-refractivity contribution in [3.63, 3.8) is 0 Å². The molecular formula is C6H6Cl2N2O2. The van der Waals surface area contributed by atoms with E-state index in [1.807, 2.05) is 0 Å². The van der Waals surface area contributed by atoms with Gasteiger partial charge in [0.05, 0.1) is 0 Å². The average Bonchev–Trinajstić information content (AvgIpc) is 2.08. The van der Waals surface area contributed by atoms with Gasteiger partial charge >= 0.3 is 5.97 Å². The molecule has 0 saturated heterocycles. The highest BCUT2D eigenvalue weighted by atomic mass is 35.5. The Bertz CT molecular complexity index is 191. The Balaban J connectivity index is 0.000000202. The van der Waals surface area contributed by atoms with Crippen molar-refractivity contribution in [2.45, 2.75) is 4.84 Å². The van der Waals surface area contributed by atoms with E-state index >= 15 is 0 Å². The lowest BCUT2D eigenvalue weighted by atomic mass is 10.7. The molecule has 0 bridgehead atoms. The van der Waals surface area contributed by atoms with Gasteiger partial charge in [0.2, 0.25) is 4.84 Å². The second kappa shape index (κ2) is 6.82. The number of carboxylic acid groups (broad SMARTS) is 1. The van der Waals surface area contributed by atoms with Gasteiger partial charge in [-0.15, -0.1) is 0 Å². The van der Waals surface area contributed by atoms with E-state index in [2.05, 4.69) is 9.97 Å². The van der Waals surface area contributed by atoms with E-state index in [1.54, 1.807) is 18.5 Å². The summed E-state index contributed by atoms with van der Waals surface area (Å²) in [6.07, 6.45) is 4.88. The molecule has 4 nitrogen and oxygen atoms in total. The number of rotatable bonds is 1. The normalized spacial score (nSPS) is 8.58. The lowest BCUT2D eigenvalue weighted by Crippen LogP contribution is -2.03. The first-order valence-electron chi connectivity index (χ1n) is 2.85. The van der Waals surface area contributed by atoms with Gasteiger partial charge in [0.1, 0.15) is 6.33 Å². The summed E-state index contributed by atoms with van der Waals surface area (Å²) in [7, 11) is 0. The quantitative estimate of drug-likeness (QED) is 0.709. The molecule has 1 rings (SSSR count). The fourth-order valence-electron chi connectivity index (χ4n) is 0.253. The molecule has 0 aromatic carbocycles. The molecule has 12 heavy (non-hydrogen) atoms. The van der Waals surface area contributed by atoms with Gasteiger partial charge in [0, 0.05) is 12.4 Å². The summed E-state index contributed by atoms with van der Waals surface area (Å²) in [6.45, 7) is 0. The summed E-state index contributed by atoms with van der Waals surface area (Å²) in [6, 6.07) is 1.78. The Morgan fingerprint density at radius 2 is 1.75 bits per heavy atom. The molecule has 1 aromatic heterocycles. The minimum absolute atomic E-state index is 1.21. The Morgan fingerprint density at radius 3 is 1.83 bits per heavy atom. The number of nitrogens with zero attached hydrogens (tertiary/aromatic N) is 2. The Hall–Kier alpha value is -0.870. The van der Waals surface area contributed by atoms with E-state index in [-0.39, 0.29) is 0 Å². The maximum Gasteiger partial charge on any atom is 0.337 e. The zero-order valence-electron chi connectivity index (χ0n) is 5.89. The number of aromatic nitrogens is 2. The highest BCUT2D eigenvalue weighted by Gasteiger charge is 2.05. The molecule has 0 unspecified atom stereocenters. The van der Waals surface area contributed by atoms with E-state index in [9.17, 15) is 4.79 Å². The predicted octanol–water partition coefficient (Wildman–Crippen LogP) is 1.35. The van der Waals surface area contributed by atoms with Gasteiger partial charge in [0.25, 0.3) is 0 Å². The van der Waals surface area contributed by atoms with Crippen molar-refractivity contribution in [1.82, 2.24) is 9.97 Å². The van der Waals surface area contributed by atoms with Crippen LogP contribution in [0.5, 0.6) is 0 Å². The molecule has 0 aliphatic rings.